The van der Waals surface area contributed by atoms with Crippen LogP contribution >= 0.6 is 23.8 Å². The van der Waals surface area contributed by atoms with Crippen molar-refractivity contribution in [3.05, 3.63) is 28.8 Å². The molecule has 5 nitrogen and oxygen atoms in total. The van der Waals surface area contributed by atoms with Crippen molar-refractivity contribution in [3.8, 4) is 0 Å². The van der Waals surface area contributed by atoms with Crippen LogP contribution in [0, 0.1) is 0 Å². The fourth-order valence-corrected chi connectivity index (χ4v) is 3.54. The maximum atomic E-state index is 11.7. The predicted octanol–water partition coefficient (Wildman–Crippen LogP) is 3.76. The molecule has 0 heterocycles. The number of hydrogen-bond donors (Lipinski definition) is 2. The summed E-state index contributed by atoms with van der Waals surface area (Å²) in [6, 6.07) is 4.90. The van der Waals surface area contributed by atoms with Crippen LogP contribution in [0.4, 0.5) is 5.69 Å². The summed E-state index contributed by atoms with van der Waals surface area (Å²) in [4.78, 5) is 11.7. The van der Waals surface area contributed by atoms with Crippen LogP contribution in [0.3, 0.4) is 0 Å². The average molecular weight is 371 g/mol. The number of ether oxygens (including phenoxy) is 2. The summed E-state index contributed by atoms with van der Waals surface area (Å²) in [7, 11) is 3.05. The van der Waals surface area contributed by atoms with Crippen LogP contribution in [0.25, 0.3) is 0 Å². The zero-order chi connectivity index (χ0) is 17.6. The number of benzene rings is 1. The topological polar surface area (TPSA) is 59.6 Å². The van der Waals surface area contributed by atoms with E-state index in [1.807, 2.05) is 0 Å². The van der Waals surface area contributed by atoms with E-state index in [1.165, 1.54) is 20.0 Å². The van der Waals surface area contributed by atoms with Crippen LogP contribution in [0.15, 0.2) is 18.2 Å². The largest absolute Gasteiger partial charge is 0.465 e. The van der Waals surface area contributed by atoms with Crippen molar-refractivity contribution in [1.82, 2.24) is 5.32 Å². The van der Waals surface area contributed by atoms with Crippen molar-refractivity contribution < 1.29 is 14.3 Å². The molecule has 0 aliphatic heterocycles. The quantitative estimate of drug-likeness (QED) is 0.587. The van der Waals surface area contributed by atoms with Gasteiger partial charge in [0.05, 0.1) is 23.4 Å². The minimum absolute atomic E-state index is 0.0352. The van der Waals surface area contributed by atoms with Gasteiger partial charge in [-0.2, -0.15) is 0 Å². The van der Waals surface area contributed by atoms with Crippen molar-refractivity contribution in [2.75, 3.05) is 26.1 Å². The number of hydrogen-bond acceptors (Lipinski definition) is 4. The van der Waals surface area contributed by atoms with Gasteiger partial charge in [0.1, 0.15) is 0 Å². The maximum absolute atomic E-state index is 11.7. The number of nitrogens with one attached hydrogen (secondary N) is 2. The molecule has 1 aliphatic carbocycles. The van der Waals surface area contributed by atoms with Crippen LogP contribution in [0.1, 0.15) is 42.5 Å². The van der Waals surface area contributed by atoms with Crippen LogP contribution in [-0.4, -0.2) is 37.4 Å². The molecule has 1 aliphatic rings. The summed E-state index contributed by atoms with van der Waals surface area (Å²) in [5.41, 5.74) is 0.964. The Balaban J connectivity index is 2.07. The zero-order valence-electron chi connectivity index (χ0n) is 14.0. The molecule has 0 aromatic heterocycles. The standard InChI is InChI=1S/C17H23ClN2O3S/c1-22-10-9-17(7-3-4-8-17)20-16(24)19-14-11-12(15(21)23-2)5-6-13(14)18/h5-6,11H,3-4,7-10H2,1-2H3,(H2,19,20,24). The van der Waals surface area contributed by atoms with Gasteiger partial charge in [0.2, 0.25) is 0 Å². The summed E-state index contributed by atoms with van der Waals surface area (Å²) >= 11 is 11.7. The monoisotopic (exact) mass is 370 g/mol. The highest BCUT2D eigenvalue weighted by atomic mass is 35.5. The lowest BCUT2D eigenvalue weighted by molar-refractivity contribution is 0.0601. The van der Waals surface area contributed by atoms with Crippen LogP contribution in [-0.2, 0) is 9.47 Å². The predicted molar refractivity (Wildman–Crippen MR) is 99.8 cm³/mol. The zero-order valence-corrected chi connectivity index (χ0v) is 15.6. The van der Waals surface area contributed by atoms with Gasteiger partial charge < -0.3 is 20.1 Å². The van der Waals surface area contributed by atoms with Gasteiger partial charge in [0.15, 0.2) is 5.11 Å². The molecule has 0 bridgehead atoms. The van der Waals surface area contributed by atoms with Gasteiger partial charge in [-0.15, -0.1) is 0 Å². The summed E-state index contributed by atoms with van der Waals surface area (Å²) in [6.45, 7) is 0.689. The summed E-state index contributed by atoms with van der Waals surface area (Å²) in [5.74, 6) is -0.416. The first-order valence-corrected chi connectivity index (χ1v) is 8.74. The van der Waals surface area contributed by atoms with Gasteiger partial charge in [-0.3, -0.25) is 0 Å². The molecule has 0 saturated heterocycles. The number of anilines is 1. The Morgan fingerprint density at radius 3 is 2.67 bits per heavy atom. The van der Waals surface area contributed by atoms with E-state index in [-0.39, 0.29) is 5.54 Å². The second-order valence-corrected chi connectivity index (χ2v) is 6.81. The third kappa shape index (κ3) is 4.82. The molecule has 0 amide bonds. The first-order chi connectivity index (χ1) is 11.5. The SMILES string of the molecule is COCCC1(NC(=S)Nc2cc(C(=O)OC)ccc2Cl)CCCC1. The molecule has 132 valence electrons. The molecule has 1 saturated carbocycles. The molecule has 2 N–H and O–H groups in total. The molecular formula is C17H23ClN2O3S. The van der Waals surface area contributed by atoms with E-state index in [0.717, 1.165) is 19.3 Å². The Morgan fingerprint density at radius 1 is 1.33 bits per heavy atom. The molecule has 24 heavy (non-hydrogen) atoms. The Morgan fingerprint density at radius 2 is 2.04 bits per heavy atom. The van der Waals surface area contributed by atoms with E-state index >= 15 is 0 Å². The minimum Gasteiger partial charge on any atom is -0.465 e. The van der Waals surface area contributed by atoms with Gasteiger partial charge >= 0.3 is 5.97 Å². The lowest BCUT2D eigenvalue weighted by Crippen LogP contribution is -2.48. The van der Waals surface area contributed by atoms with Gasteiger partial charge in [-0.25, -0.2) is 4.79 Å². The number of carbonyl (C=O) groups excluding carboxylic acids is 1. The van der Waals surface area contributed by atoms with E-state index in [2.05, 4.69) is 10.6 Å². The number of thiocarbonyl (C=S) groups is 1. The highest BCUT2D eigenvalue weighted by Gasteiger charge is 2.34. The number of methoxy groups -OCH3 is 2. The average Bonchev–Trinajstić information content (AvgIpc) is 3.02. The molecule has 1 fully saturated rings. The van der Waals surface area contributed by atoms with E-state index in [0.29, 0.717) is 28.0 Å². The lowest BCUT2D eigenvalue weighted by Gasteiger charge is -2.31. The number of carbonyl (C=O) groups is 1. The minimum atomic E-state index is -0.416. The van der Waals surface area contributed by atoms with E-state index in [9.17, 15) is 4.79 Å². The van der Waals surface area contributed by atoms with Crippen molar-refractivity contribution in [2.24, 2.45) is 0 Å². The van der Waals surface area contributed by atoms with Crippen molar-refractivity contribution in [2.45, 2.75) is 37.6 Å². The molecule has 0 radical (unpaired) electrons. The summed E-state index contributed by atoms with van der Waals surface area (Å²) in [6.07, 6.45) is 5.39. The normalized spacial score (nSPS) is 15.8. The third-order valence-corrected chi connectivity index (χ3v) is 4.89. The van der Waals surface area contributed by atoms with Crippen molar-refractivity contribution >= 4 is 40.6 Å². The second-order valence-electron chi connectivity index (χ2n) is 6.00. The molecular weight excluding hydrogens is 348 g/mol. The van der Waals surface area contributed by atoms with Crippen LogP contribution in [0.5, 0.6) is 0 Å². The molecule has 0 unspecified atom stereocenters. The van der Waals surface area contributed by atoms with E-state index in [1.54, 1.807) is 25.3 Å². The Labute approximate surface area is 153 Å². The smallest absolute Gasteiger partial charge is 0.337 e. The molecule has 1 aromatic rings. The molecule has 2 rings (SSSR count). The Hall–Kier alpha value is -1.37. The van der Waals surface area contributed by atoms with E-state index < -0.39 is 5.97 Å². The van der Waals surface area contributed by atoms with Gasteiger partial charge in [0.25, 0.3) is 0 Å². The van der Waals surface area contributed by atoms with Crippen molar-refractivity contribution in [3.63, 3.8) is 0 Å². The highest BCUT2D eigenvalue weighted by molar-refractivity contribution is 7.80. The number of rotatable bonds is 6. The first kappa shape index (κ1) is 19.0. The molecule has 7 heteroatoms. The summed E-state index contributed by atoms with van der Waals surface area (Å²) < 4.78 is 9.96. The lowest BCUT2D eigenvalue weighted by atomic mass is 9.94. The van der Waals surface area contributed by atoms with Gasteiger partial charge in [-0.1, -0.05) is 24.4 Å². The fourth-order valence-electron chi connectivity index (χ4n) is 3.05. The third-order valence-electron chi connectivity index (χ3n) is 4.36. The van der Waals surface area contributed by atoms with Crippen molar-refractivity contribution in [1.29, 1.82) is 0 Å². The molecule has 0 atom stereocenters. The Kier molecular flexibility index (Phi) is 6.83. The molecule has 1 aromatic carbocycles. The first-order valence-electron chi connectivity index (χ1n) is 7.96. The van der Waals surface area contributed by atoms with Crippen LogP contribution < -0.4 is 10.6 Å². The van der Waals surface area contributed by atoms with Crippen LogP contribution in [0.2, 0.25) is 5.02 Å². The Bertz CT molecular complexity index is 603. The fraction of sp³-hybridized carbons (Fsp3) is 0.529. The highest BCUT2D eigenvalue weighted by Crippen LogP contribution is 2.33. The molecule has 0 spiro atoms. The second kappa shape index (κ2) is 8.65. The maximum Gasteiger partial charge on any atom is 0.337 e. The number of esters is 1. The summed E-state index contributed by atoms with van der Waals surface area (Å²) in [5, 5.41) is 7.52. The number of halogens is 1. The van der Waals surface area contributed by atoms with Gasteiger partial charge in [-0.05, 0) is 49.7 Å². The van der Waals surface area contributed by atoms with E-state index in [4.69, 9.17) is 33.3 Å². The van der Waals surface area contributed by atoms with Gasteiger partial charge in [0, 0.05) is 19.3 Å².